The second kappa shape index (κ2) is 7.47. The van der Waals surface area contributed by atoms with Crippen LogP contribution in [0.5, 0.6) is 11.5 Å². The number of hydrogen-bond donors (Lipinski definition) is 1. The quantitative estimate of drug-likeness (QED) is 0.825. The number of hydrogen-bond acceptors (Lipinski definition) is 3. The number of halogens is 2. The molecule has 2 aromatic carbocycles. The van der Waals surface area contributed by atoms with E-state index in [4.69, 9.17) is 4.74 Å². The lowest BCUT2D eigenvalue weighted by molar-refractivity contribution is -0.0493. The molecule has 0 spiro atoms. The average Bonchev–Trinajstić information content (AvgIpc) is 2.48. The van der Waals surface area contributed by atoms with Gasteiger partial charge in [-0.05, 0) is 36.8 Å². The lowest BCUT2D eigenvalue weighted by atomic mass is 10.2. The van der Waals surface area contributed by atoms with E-state index in [2.05, 4.69) is 10.1 Å². The van der Waals surface area contributed by atoms with Crippen LogP contribution in [-0.4, -0.2) is 13.2 Å². The maximum absolute atomic E-state index is 12.3. The van der Waals surface area contributed by atoms with Gasteiger partial charge in [-0.1, -0.05) is 24.3 Å². The molecular weight excluding hydrogens is 276 g/mol. The third kappa shape index (κ3) is 4.63. The molecule has 0 aliphatic heterocycles. The first-order chi connectivity index (χ1) is 10.2. The van der Waals surface area contributed by atoms with Crippen molar-refractivity contribution in [2.24, 2.45) is 0 Å². The second-order valence-corrected chi connectivity index (χ2v) is 4.31. The van der Waals surface area contributed by atoms with Crippen molar-refractivity contribution in [2.45, 2.75) is 20.1 Å². The number of para-hydroxylation sites is 2. The van der Waals surface area contributed by atoms with Gasteiger partial charge in [-0.3, -0.25) is 0 Å². The third-order valence-corrected chi connectivity index (χ3v) is 2.82. The summed E-state index contributed by atoms with van der Waals surface area (Å²) >= 11 is 0. The van der Waals surface area contributed by atoms with Gasteiger partial charge in [-0.15, -0.1) is 0 Å². The van der Waals surface area contributed by atoms with E-state index in [0.717, 1.165) is 11.3 Å². The number of benzene rings is 2. The number of rotatable bonds is 7. The fourth-order valence-corrected chi connectivity index (χ4v) is 1.88. The van der Waals surface area contributed by atoms with Gasteiger partial charge in [-0.25, -0.2) is 0 Å². The lowest BCUT2D eigenvalue weighted by Crippen LogP contribution is -2.06. The molecule has 0 aliphatic carbocycles. The molecule has 5 heteroatoms. The standard InChI is InChI=1S/C16H17F2NO2/c1-2-20-13-9-7-12(8-10-13)11-19-14-5-3-4-6-15(14)21-16(17)18/h3-10,16,19H,2,11H2,1H3. The number of nitrogens with one attached hydrogen (secondary N) is 1. The van der Waals surface area contributed by atoms with Crippen molar-refractivity contribution in [2.75, 3.05) is 11.9 Å². The highest BCUT2D eigenvalue weighted by atomic mass is 19.3. The first-order valence-electron chi connectivity index (χ1n) is 6.68. The summed E-state index contributed by atoms with van der Waals surface area (Å²) in [5, 5.41) is 3.09. The van der Waals surface area contributed by atoms with Crippen LogP contribution < -0.4 is 14.8 Å². The van der Waals surface area contributed by atoms with E-state index in [1.807, 2.05) is 31.2 Å². The van der Waals surface area contributed by atoms with Crippen LogP contribution in [0.4, 0.5) is 14.5 Å². The van der Waals surface area contributed by atoms with Crippen molar-refractivity contribution in [1.29, 1.82) is 0 Å². The predicted molar refractivity (Wildman–Crippen MR) is 78.0 cm³/mol. The SMILES string of the molecule is CCOc1ccc(CNc2ccccc2OC(F)F)cc1. The fraction of sp³-hybridized carbons (Fsp3) is 0.250. The monoisotopic (exact) mass is 293 g/mol. The molecule has 0 amide bonds. The minimum absolute atomic E-state index is 0.137. The number of ether oxygens (including phenoxy) is 2. The Morgan fingerprint density at radius 1 is 1.05 bits per heavy atom. The van der Waals surface area contributed by atoms with Crippen LogP contribution >= 0.6 is 0 Å². The molecular formula is C16H17F2NO2. The minimum atomic E-state index is -2.83. The zero-order chi connectivity index (χ0) is 15.1. The normalized spacial score (nSPS) is 10.5. The van der Waals surface area contributed by atoms with Crippen molar-refractivity contribution in [1.82, 2.24) is 0 Å². The number of alkyl halides is 2. The Labute approximate surface area is 122 Å². The van der Waals surface area contributed by atoms with Crippen LogP contribution in [0.2, 0.25) is 0 Å². The molecule has 0 aromatic heterocycles. The van der Waals surface area contributed by atoms with E-state index < -0.39 is 6.61 Å². The van der Waals surface area contributed by atoms with Gasteiger partial charge in [0.05, 0.1) is 12.3 Å². The molecule has 0 aliphatic rings. The Kier molecular flexibility index (Phi) is 5.37. The molecule has 0 saturated heterocycles. The van der Waals surface area contributed by atoms with Crippen LogP contribution in [0.3, 0.4) is 0 Å². The Bertz CT molecular complexity index is 558. The van der Waals surface area contributed by atoms with Gasteiger partial charge in [-0.2, -0.15) is 8.78 Å². The van der Waals surface area contributed by atoms with Crippen molar-refractivity contribution in [3.05, 3.63) is 54.1 Å². The van der Waals surface area contributed by atoms with Crippen molar-refractivity contribution >= 4 is 5.69 Å². The Hall–Kier alpha value is -2.30. The van der Waals surface area contributed by atoms with E-state index in [1.165, 1.54) is 6.07 Å². The third-order valence-electron chi connectivity index (χ3n) is 2.82. The van der Waals surface area contributed by atoms with E-state index >= 15 is 0 Å². The molecule has 0 fully saturated rings. The van der Waals surface area contributed by atoms with E-state index in [-0.39, 0.29) is 5.75 Å². The molecule has 2 rings (SSSR count). The number of anilines is 1. The van der Waals surface area contributed by atoms with Crippen LogP contribution in [-0.2, 0) is 6.54 Å². The van der Waals surface area contributed by atoms with Gasteiger partial charge in [0.25, 0.3) is 0 Å². The molecule has 0 heterocycles. The Morgan fingerprint density at radius 2 is 1.76 bits per heavy atom. The highest BCUT2D eigenvalue weighted by Gasteiger charge is 2.08. The molecule has 112 valence electrons. The Balaban J connectivity index is 1.99. The fourth-order valence-electron chi connectivity index (χ4n) is 1.88. The van der Waals surface area contributed by atoms with Crippen LogP contribution in [0, 0.1) is 0 Å². The van der Waals surface area contributed by atoms with Gasteiger partial charge in [0, 0.05) is 6.54 Å². The van der Waals surface area contributed by atoms with Gasteiger partial charge in [0.15, 0.2) is 0 Å². The van der Waals surface area contributed by atoms with Crippen molar-refractivity contribution < 1.29 is 18.3 Å². The molecule has 0 saturated carbocycles. The molecule has 0 atom stereocenters. The summed E-state index contributed by atoms with van der Waals surface area (Å²) in [5.74, 6) is 0.945. The second-order valence-electron chi connectivity index (χ2n) is 4.31. The summed E-state index contributed by atoms with van der Waals surface area (Å²) < 4.78 is 34.5. The highest BCUT2D eigenvalue weighted by Crippen LogP contribution is 2.26. The summed E-state index contributed by atoms with van der Waals surface area (Å²) in [4.78, 5) is 0. The van der Waals surface area contributed by atoms with Crippen LogP contribution in [0.15, 0.2) is 48.5 Å². The van der Waals surface area contributed by atoms with Gasteiger partial charge < -0.3 is 14.8 Å². The molecule has 0 bridgehead atoms. The summed E-state index contributed by atoms with van der Waals surface area (Å²) in [5.41, 5.74) is 1.55. The van der Waals surface area contributed by atoms with E-state index in [9.17, 15) is 8.78 Å². The van der Waals surface area contributed by atoms with Crippen molar-refractivity contribution in [3.8, 4) is 11.5 Å². The van der Waals surface area contributed by atoms with E-state index in [0.29, 0.717) is 18.8 Å². The molecule has 0 unspecified atom stereocenters. The molecule has 3 nitrogen and oxygen atoms in total. The van der Waals surface area contributed by atoms with Gasteiger partial charge in [0.2, 0.25) is 0 Å². The molecule has 2 aromatic rings. The van der Waals surface area contributed by atoms with Crippen LogP contribution in [0.1, 0.15) is 12.5 Å². The molecule has 21 heavy (non-hydrogen) atoms. The molecule has 0 radical (unpaired) electrons. The first kappa shape index (κ1) is 15.1. The summed E-state index contributed by atoms with van der Waals surface area (Å²) in [6.07, 6.45) is 0. The minimum Gasteiger partial charge on any atom is -0.494 e. The van der Waals surface area contributed by atoms with E-state index in [1.54, 1.807) is 18.2 Å². The highest BCUT2D eigenvalue weighted by molar-refractivity contribution is 5.56. The Morgan fingerprint density at radius 3 is 2.43 bits per heavy atom. The predicted octanol–water partition coefficient (Wildman–Crippen LogP) is 4.30. The molecule has 1 N–H and O–H groups in total. The largest absolute Gasteiger partial charge is 0.494 e. The maximum Gasteiger partial charge on any atom is 0.387 e. The lowest BCUT2D eigenvalue weighted by Gasteiger charge is -2.12. The average molecular weight is 293 g/mol. The smallest absolute Gasteiger partial charge is 0.387 e. The topological polar surface area (TPSA) is 30.5 Å². The zero-order valence-electron chi connectivity index (χ0n) is 11.7. The summed E-state index contributed by atoms with van der Waals surface area (Å²) in [6.45, 7) is 0.222. The summed E-state index contributed by atoms with van der Waals surface area (Å²) in [7, 11) is 0. The van der Waals surface area contributed by atoms with Gasteiger partial charge in [0.1, 0.15) is 11.5 Å². The van der Waals surface area contributed by atoms with Gasteiger partial charge >= 0.3 is 6.61 Å². The summed E-state index contributed by atoms with van der Waals surface area (Å²) in [6, 6.07) is 14.2. The first-order valence-corrected chi connectivity index (χ1v) is 6.68. The van der Waals surface area contributed by atoms with Crippen molar-refractivity contribution in [3.63, 3.8) is 0 Å². The zero-order valence-corrected chi connectivity index (χ0v) is 11.7. The van der Waals surface area contributed by atoms with Crippen LogP contribution in [0.25, 0.3) is 0 Å². The maximum atomic E-state index is 12.3.